The number of fused-ring (bicyclic) bond motifs is 1. The van der Waals surface area contributed by atoms with Gasteiger partial charge in [-0.25, -0.2) is 28.3 Å². The van der Waals surface area contributed by atoms with Crippen LogP contribution in [0.4, 0.5) is 11.5 Å². The molecule has 0 amide bonds. The van der Waals surface area contributed by atoms with Crippen molar-refractivity contribution in [2.45, 2.75) is 31.8 Å². The highest BCUT2D eigenvalue weighted by Gasteiger charge is 2.21. The summed E-state index contributed by atoms with van der Waals surface area (Å²) < 4.78 is 28.0. The van der Waals surface area contributed by atoms with Crippen LogP contribution in [0.25, 0.3) is 10.2 Å². The highest BCUT2D eigenvalue weighted by Crippen LogP contribution is 2.35. The monoisotopic (exact) mass is 406 g/mol. The predicted molar refractivity (Wildman–Crippen MR) is 104 cm³/mol. The first-order chi connectivity index (χ1) is 12.7. The second kappa shape index (κ2) is 7.22. The lowest BCUT2D eigenvalue weighted by molar-refractivity contribution is 0.0383. The van der Waals surface area contributed by atoms with Crippen LogP contribution in [0, 0.1) is 6.92 Å². The SMILES string of the molecule is Cc1c(C(=O)OC(C)C)sc2ncnc(Nc3ccc(S(N)(=O)=O)cc3)c12. The van der Waals surface area contributed by atoms with E-state index in [4.69, 9.17) is 9.88 Å². The van der Waals surface area contributed by atoms with E-state index in [9.17, 15) is 13.2 Å². The molecule has 27 heavy (non-hydrogen) atoms. The number of esters is 1. The fourth-order valence-corrected chi connectivity index (χ4v) is 4.04. The Morgan fingerprint density at radius 2 is 1.89 bits per heavy atom. The van der Waals surface area contributed by atoms with Crippen LogP contribution in [-0.2, 0) is 14.8 Å². The van der Waals surface area contributed by atoms with Gasteiger partial charge in [-0.05, 0) is 50.6 Å². The van der Waals surface area contributed by atoms with E-state index in [0.29, 0.717) is 26.6 Å². The molecule has 0 fully saturated rings. The molecule has 1 aromatic carbocycles. The number of nitrogens with one attached hydrogen (secondary N) is 1. The largest absolute Gasteiger partial charge is 0.459 e. The van der Waals surface area contributed by atoms with Gasteiger partial charge in [0.2, 0.25) is 10.0 Å². The Hall–Kier alpha value is -2.56. The summed E-state index contributed by atoms with van der Waals surface area (Å²) in [5.74, 6) is 0.120. The molecule has 2 heterocycles. The zero-order valence-electron chi connectivity index (χ0n) is 14.9. The van der Waals surface area contributed by atoms with E-state index in [1.807, 2.05) is 6.92 Å². The lowest BCUT2D eigenvalue weighted by atomic mass is 10.2. The summed E-state index contributed by atoms with van der Waals surface area (Å²) in [6.45, 7) is 5.39. The number of benzene rings is 1. The first kappa shape index (κ1) is 19.2. The first-order valence-electron chi connectivity index (χ1n) is 8.02. The molecule has 0 aliphatic heterocycles. The number of hydrogen-bond acceptors (Lipinski definition) is 8. The molecular weight excluding hydrogens is 388 g/mol. The van der Waals surface area contributed by atoms with Gasteiger partial charge >= 0.3 is 5.97 Å². The minimum absolute atomic E-state index is 0.0197. The lowest BCUT2D eigenvalue weighted by Gasteiger charge is -2.08. The Labute approximate surface area is 160 Å². The standard InChI is InChI=1S/C17H18N4O4S2/c1-9(2)25-17(22)14-10(3)13-15(19-8-20-16(13)26-14)21-11-4-6-12(7-5-11)27(18,23)24/h4-9H,1-3H3,(H2,18,23,24)(H,19,20,21). The number of carbonyl (C=O) groups excluding carboxylic acids is 1. The number of aryl methyl sites for hydroxylation is 1. The third-order valence-corrected chi connectivity index (χ3v) is 5.81. The zero-order chi connectivity index (χ0) is 19.8. The molecule has 3 N–H and O–H groups in total. The van der Waals surface area contributed by atoms with Crippen molar-refractivity contribution < 1.29 is 17.9 Å². The Morgan fingerprint density at radius 1 is 1.22 bits per heavy atom. The van der Waals surface area contributed by atoms with E-state index in [-0.39, 0.29) is 11.0 Å². The number of sulfonamides is 1. The van der Waals surface area contributed by atoms with E-state index < -0.39 is 16.0 Å². The fourth-order valence-electron chi connectivity index (χ4n) is 2.49. The highest BCUT2D eigenvalue weighted by molar-refractivity contribution is 7.89. The number of nitrogens with zero attached hydrogens (tertiary/aromatic N) is 2. The lowest BCUT2D eigenvalue weighted by Crippen LogP contribution is -2.11. The molecular formula is C17H18N4O4S2. The van der Waals surface area contributed by atoms with Gasteiger partial charge in [0.15, 0.2) is 0 Å². The van der Waals surface area contributed by atoms with Gasteiger partial charge in [-0.1, -0.05) is 0 Å². The highest BCUT2D eigenvalue weighted by atomic mass is 32.2. The van der Waals surface area contributed by atoms with Crippen LogP contribution in [0.15, 0.2) is 35.5 Å². The Bertz CT molecular complexity index is 1110. The number of carbonyl (C=O) groups is 1. The van der Waals surface area contributed by atoms with E-state index >= 15 is 0 Å². The first-order valence-corrected chi connectivity index (χ1v) is 10.4. The van der Waals surface area contributed by atoms with E-state index in [1.54, 1.807) is 26.0 Å². The maximum Gasteiger partial charge on any atom is 0.348 e. The zero-order valence-corrected chi connectivity index (χ0v) is 16.5. The molecule has 10 heteroatoms. The van der Waals surface area contributed by atoms with Crippen LogP contribution in [0.1, 0.15) is 29.1 Å². The second-order valence-corrected chi connectivity index (χ2v) is 8.67. The van der Waals surface area contributed by atoms with Crippen molar-refractivity contribution in [3.8, 4) is 0 Å². The van der Waals surface area contributed by atoms with Crippen molar-refractivity contribution in [3.63, 3.8) is 0 Å². The molecule has 0 aliphatic rings. The van der Waals surface area contributed by atoms with Crippen LogP contribution in [0.3, 0.4) is 0 Å². The quantitative estimate of drug-likeness (QED) is 0.624. The number of rotatable bonds is 5. The van der Waals surface area contributed by atoms with Gasteiger partial charge < -0.3 is 10.1 Å². The van der Waals surface area contributed by atoms with Crippen LogP contribution >= 0.6 is 11.3 Å². The van der Waals surface area contributed by atoms with E-state index in [0.717, 1.165) is 5.56 Å². The molecule has 0 saturated carbocycles. The Kier molecular flexibility index (Phi) is 5.13. The summed E-state index contributed by atoms with van der Waals surface area (Å²) in [5.41, 5.74) is 1.35. The molecule has 2 aromatic heterocycles. The average Bonchev–Trinajstić information content (AvgIpc) is 2.92. The van der Waals surface area contributed by atoms with Crippen molar-refractivity contribution in [1.82, 2.24) is 9.97 Å². The van der Waals surface area contributed by atoms with Crippen molar-refractivity contribution in [2.75, 3.05) is 5.32 Å². The molecule has 0 spiro atoms. The number of primary sulfonamides is 1. The molecule has 3 aromatic rings. The summed E-state index contributed by atoms with van der Waals surface area (Å²) in [6, 6.07) is 5.98. The minimum atomic E-state index is -3.75. The Balaban J connectivity index is 1.98. The summed E-state index contributed by atoms with van der Waals surface area (Å²) in [5, 5.41) is 8.95. The van der Waals surface area contributed by atoms with Crippen LogP contribution < -0.4 is 10.5 Å². The number of aromatic nitrogens is 2. The number of nitrogens with two attached hydrogens (primary N) is 1. The number of anilines is 2. The minimum Gasteiger partial charge on any atom is -0.459 e. The van der Waals surface area contributed by atoms with E-state index in [1.165, 1.54) is 29.8 Å². The van der Waals surface area contributed by atoms with Crippen molar-refractivity contribution in [3.05, 3.63) is 41.0 Å². The Morgan fingerprint density at radius 3 is 2.48 bits per heavy atom. The van der Waals surface area contributed by atoms with Gasteiger partial charge in [-0.3, -0.25) is 0 Å². The van der Waals surface area contributed by atoms with Gasteiger partial charge in [0.05, 0.1) is 16.4 Å². The summed E-state index contributed by atoms with van der Waals surface area (Å²) in [7, 11) is -3.75. The summed E-state index contributed by atoms with van der Waals surface area (Å²) >= 11 is 1.24. The molecule has 0 unspecified atom stereocenters. The van der Waals surface area contributed by atoms with Crippen molar-refractivity contribution in [1.29, 1.82) is 0 Å². The van der Waals surface area contributed by atoms with Gasteiger partial charge in [0, 0.05) is 5.69 Å². The molecule has 8 nitrogen and oxygen atoms in total. The molecule has 0 atom stereocenters. The smallest absolute Gasteiger partial charge is 0.348 e. The van der Waals surface area contributed by atoms with Gasteiger partial charge in [0.25, 0.3) is 0 Å². The second-order valence-electron chi connectivity index (χ2n) is 6.11. The summed E-state index contributed by atoms with van der Waals surface area (Å²) in [4.78, 5) is 21.9. The van der Waals surface area contributed by atoms with Crippen molar-refractivity contribution >= 4 is 49.1 Å². The van der Waals surface area contributed by atoms with Gasteiger partial charge in [-0.2, -0.15) is 0 Å². The van der Waals surface area contributed by atoms with Gasteiger partial charge in [0.1, 0.15) is 21.9 Å². The van der Waals surface area contributed by atoms with Crippen LogP contribution in [0.2, 0.25) is 0 Å². The maximum atomic E-state index is 12.3. The predicted octanol–water partition coefficient (Wildman–Crippen LogP) is 2.96. The summed E-state index contributed by atoms with van der Waals surface area (Å²) in [6.07, 6.45) is 1.18. The number of ether oxygens (including phenoxy) is 1. The third-order valence-electron chi connectivity index (χ3n) is 3.70. The number of hydrogen-bond donors (Lipinski definition) is 2. The van der Waals surface area contributed by atoms with Crippen LogP contribution in [-0.4, -0.2) is 30.5 Å². The van der Waals surface area contributed by atoms with Crippen molar-refractivity contribution in [2.24, 2.45) is 5.14 Å². The normalized spacial score (nSPS) is 11.7. The number of thiophene rings is 1. The van der Waals surface area contributed by atoms with Crippen LogP contribution in [0.5, 0.6) is 0 Å². The topological polar surface area (TPSA) is 124 Å². The third kappa shape index (κ3) is 4.07. The fraction of sp³-hybridized carbons (Fsp3) is 0.235. The molecule has 3 rings (SSSR count). The van der Waals surface area contributed by atoms with Gasteiger partial charge in [-0.15, -0.1) is 11.3 Å². The maximum absolute atomic E-state index is 12.3. The molecule has 0 bridgehead atoms. The average molecular weight is 406 g/mol. The molecule has 0 saturated heterocycles. The molecule has 142 valence electrons. The molecule has 0 aliphatic carbocycles. The molecule has 0 radical (unpaired) electrons. The van der Waals surface area contributed by atoms with E-state index in [2.05, 4.69) is 15.3 Å².